The van der Waals surface area contributed by atoms with Crippen LogP contribution in [0.5, 0.6) is 5.88 Å². The molecule has 0 spiro atoms. The molecule has 1 saturated heterocycles. The van der Waals surface area contributed by atoms with E-state index in [2.05, 4.69) is 16.9 Å². The first-order chi connectivity index (χ1) is 7.33. The Morgan fingerprint density at radius 3 is 3.00 bits per heavy atom. The van der Waals surface area contributed by atoms with Gasteiger partial charge in [0, 0.05) is 24.8 Å². The van der Waals surface area contributed by atoms with Crippen molar-refractivity contribution in [3.05, 3.63) is 24.4 Å². The van der Waals surface area contributed by atoms with Gasteiger partial charge < -0.3 is 4.74 Å². The third kappa shape index (κ3) is 1.61. The van der Waals surface area contributed by atoms with E-state index < -0.39 is 0 Å². The summed E-state index contributed by atoms with van der Waals surface area (Å²) < 4.78 is 5.93. The number of nitrogens with zero attached hydrogens (tertiary/aromatic N) is 2. The number of rotatable bonds is 2. The first kappa shape index (κ1) is 9.16. The van der Waals surface area contributed by atoms with E-state index in [1.165, 1.54) is 19.4 Å². The van der Waals surface area contributed by atoms with E-state index in [-0.39, 0.29) is 0 Å². The first-order valence-electron chi connectivity index (χ1n) is 5.61. The fourth-order valence-corrected chi connectivity index (χ4v) is 2.93. The summed E-state index contributed by atoms with van der Waals surface area (Å²) in [5, 5.41) is 0. The van der Waals surface area contributed by atoms with Crippen LogP contribution in [-0.4, -0.2) is 35.6 Å². The highest BCUT2D eigenvalue weighted by Crippen LogP contribution is 2.38. The molecule has 3 unspecified atom stereocenters. The fraction of sp³-hybridized carbons (Fsp3) is 0.583. The minimum atomic E-state index is 0.351. The number of pyridine rings is 1. The van der Waals surface area contributed by atoms with Crippen molar-refractivity contribution in [3.8, 4) is 5.88 Å². The largest absolute Gasteiger partial charge is 0.473 e. The number of hydrogen-bond donors (Lipinski definition) is 0. The van der Waals surface area contributed by atoms with E-state index in [0.29, 0.717) is 12.1 Å². The highest BCUT2D eigenvalue weighted by atomic mass is 16.5. The van der Waals surface area contributed by atoms with Crippen molar-refractivity contribution >= 4 is 0 Å². The summed E-state index contributed by atoms with van der Waals surface area (Å²) in [6.45, 7) is 1.24. The van der Waals surface area contributed by atoms with Gasteiger partial charge in [-0.2, -0.15) is 0 Å². The van der Waals surface area contributed by atoms with Gasteiger partial charge in [-0.05, 0) is 31.9 Å². The van der Waals surface area contributed by atoms with E-state index in [1.54, 1.807) is 6.20 Å². The van der Waals surface area contributed by atoms with Gasteiger partial charge in [0.2, 0.25) is 5.88 Å². The molecule has 3 heteroatoms. The summed E-state index contributed by atoms with van der Waals surface area (Å²) in [7, 11) is 2.19. The SMILES string of the molecule is CN1CC2CC(Oc3ccccn3)C1C2. The van der Waals surface area contributed by atoms with E-state index in [9.17, 15) is 0 Å². The molecule has 2 heterocycles. The van der Waals surface area contributed by atoms with E-state index in [4.69, 9.17) is 4.74 Å². The van der Waals surface area contributed by atoms with Gasteiger partial charge >= 0.3 is 0 Å². The van der Waals surface area contributed by atoms with Gasteiger partial charge in [0.25, 0.3) is 0 Å². The van der Waals surface area contributed by atoms with Gasteiger partial charge in [0.1, 0.15) is 6.10 Å². The highest BCUT2D eigenvalue weighted by molar-refractivity contribution is 5.11. The van der Waals surface area contributed by atoms with Crippen LogP contribution in [0.4, 0.5) is 0 Å². The van der Waals surface area contributed by atoms with Gasteiger partial charge in [-0.15, -0.1) is 0 Å². The van der Waals surface area contributed by atoms with Gasteiger partial charge in [-0.1, -0.05) is 6.07 Å². The Hall–Kier alpha value is -1.09. The van der Waals surface area contributed by atoms with Crippen molar-refractivity contribution in [1.29, 1.82) is 0 Å². The average molecular weight is 204 g/mol. The molecule has 2 bridgehead atoms. The van der Waals surface area contributed by atoms with Crippen molar-refractivity contribution in [2.24, 2.45) is 5.92 Å². The summed E-state index contributed by atoms with van der Waals surface area (Å²) in [5.41, 5.74) is 0. The lowest BCUT2D eigenvalue weighted by Crippen LogP contribution is -2.41. The van der Waals surface area contributed by atoms with Crippen molar-refractivity contribution in [1.82, 2.24) is 9.88 Å². The highest BCUT2D eigenvalue weighted by Gasteiger charge is 2.44. The first-order valence-corrected chi connectivity index (χ1v) is 5.61. The molecule has 1 aromatic rings. The van der Waals surface area contributed by atoms with Crippen LogP contribution in [0, 0.1) is 5.92 Å². The average Bonchev–Trinajstić information content (AvgIpc) is 2.77. The standard InChI is InChI=1S/C12H16N2O/c1-14-8-9-6-10(14)11(7-9)15-12-4-2-3-5-13-12/h2-5,9-11H,6-8H2,1H3. The van der Waals surface area contributed by atoms with Crippen LogP contribution in [0.1, 0.15) is 12.8 Å². The number of piperidine rings is 1. The summed E-state index contributed by atoms with van der Waals surface area (Å²) in [5.74, 6) is 1.61. The zero-order valence-electron chi connectivity index (χ0n) is 8.97. The molecule has 3 rings (SSSR count). The molecular formula is C12H16N2O. The zero-order chi connectivity index (χ0) is 10.3. The lowest BCUT2D eigenvalue weighted by molar-refractivity contribution is 0.0869. The van der Waals surface area contributed by atoms with E-state index in [0.717, 1.165) is 11.8 Å². The van der Waals surface area contributed by atoms with E-state index in [1.807, 2.05) is 18.2 Å². The number of likely N-dealkylation sites (tertiary alicyclic amines) is 1. The monoisotopic (exact) mass is 204 g/mol. The molecular weight excluding hydrogens is 188 g/mol. The maximum absolute atomic E-state index is 5.93. The van der Waals surface area contributed by atoms with Crippen LogP contribution in [-0.2, 0) is 0 Å². The Bertz CT molecular complexity index is 341. The van der Waals surface area contributed by atoms with Crippen molar-refractivity contribution in [2.45, 2.75) is 25.0 Å². The summed E-state index contributed by atoms with van der Waals surface area (Å²) >= 11 is 0. The molecule has 0 amide bonds. The fourth-order valence-electron chi connectivity index (χ4n) is 2.93. The molecule has 0 N–H and O–H groups in total. The molecule has 1 aromatic heterocycles. The van der Waals surface area contributed by atoms with Crippen LogP contribution in [0.2, 0.25) is 0 Å². The van der Waals surface area contributed by atoms with Crippen LogP contribution >= 0.6 is 0 Å². The lowest BCUT2D eigenvalue weighted by atomic mass is 10.1. The van der Waals surface area contributed by atoms with Gasteiger partial charge in [0.05, 0.1) is 0 Å². The molecule has 3 atom stereocenters. The van der Waals surface area contributed by atoms with Gasteiger partial charge in [0.15, 0.2) is 0 Å². The molecule has 80 valence electrons. The minimum Gasteiger partial charge on any atom is -0.473 e. The second-order valence-electron chi connectivity index (χ2n) is 4.67. The van der Waals surface area contributed by atoms with Crippen LogP contribution in [0.3, 0.4) is 0 Å². The number of aromatic nitrogens is 1. The Morgan fingerprint density at radius 1 is 1.40 bits per heavy atom. The predicted octanol–water partition coefficient (Wildman–Crippen LogP) is 1.55. The number of likely N-dealkylation sites (N-methyl/N-ethyl adjacent to an activating group) is 1. The van der Waals surface area contributed by atoms with Crippen LogP contribution in [0.25, 0.3) is 0 Å². The molecule has 0 radical (unpaired) electrons. The Morgan fingerprint density at radius 2 is 2.33 bits per heavy atom. The normalized spacial score (nSPS) is 34.6. The molecule has 1 aliphatic heterocycles. The van der Waals surface area contributed by atoms with Crippen LogP contribution in [0.15, 0.2) is 24.4 Å². The quantitative estimate of drug-likeness (QED) is 0.731. The smallest absolute Gasteiger partial charge is 0.213 e. The Balaban J connectivity index is 1.70. The lowest BCUT2D eigenvalue weighted by Gasteiger charge is -2.29. The number of fused-ring (bicyclic) bond motifs is 2. The summed E-state index contributed by atoms with van der Waals surface area (Å²) in [6.07, 6.45) is 4.63. The van der Waals surface area contributed by atoms with Gasteiger partial charge in [-0.3, -0.25) is 4.90 Å². The molecule has 15 heavy (non-hydrogen) atoms. The number of ether oxygens (including phenoxy) is 1. The molecule has 3 nitrogen and oxygen atoms in total. The van der Waals surface area contributed by atoms with Crippen molar-refractivity contribution in [3.63, 3.8) is 0 Å². The predicted molar refractivity (Wildman–Crippen MR) is 57.8 cm³/mol. The number of hydrogen-bond acceptors (Lipinski definition) is 3. The topological polar surface area (TPSA) is 25.4 Å². The Labute approximate surface area is 90.1 Å². The van der Waals surface area contributed by atoms with Crippen molar-refractivity contribution in [2.75, 3.05) is 13.6 Å². The molecule has 2 fully saturated rings. The molecule has 0 aromatic carbocycles. The molecule has 2 aliphatic rings. The van der Waals surface area contributed by atoms with Crippen LogP contribution < -0.4 is 4.74 Å². The second kappa shape index (κ2) is 3.49. The maximum Gasteiger partial charge on any atom is 0.213 e. The summed E-state index contributed by atoms with van der Waals surface area (Å²) in [6, 6.07) is 6.43. The second-order valence-corrected chi connectivity index (χ2v) is 4.67. The minimum absolute atomic E-state index is 0.351. The maximum atomic E-state index is 5.93. The van der Waals surface area contributed by atoms with Gasteiger partial charge in [-0.25, -0.2) is 4.98 Å². The zero-order valence-corrected chi connectivity index (χ0v) is 8.97. The third-order valence-corrected chi connectivity index (χ3v) is 3.59. The Kier molecular flexibility index (Phi) is 2.13. The third-order valence-electron chi connectivity index (χ3n) is 3.59. The summed E-state index contributed by atoms with van der Waals surface area (Å²) in [4.78, 5) is 6.63. The van der Waals surface area contributed by atoms with Crippen molar-refractivity contribution < 1.29 is 4.74 Å². The molecule has 1 saturated carbocycles. The molecule has 1 aliphatic carbocycles. The van der Waals surface area contributed by atoms with E-state index >= 15 is 0 Å².